The van der Waals surface area contributed by atoms with Crippen molar-refractivity contribution in [3.8, 4) is 0 Å². The van der Waals surface area contributed by atoms with Gasteiger partial charge in [-0.05, 0) is 42.5 Å². The second-order valence-electron chi connectivity index (χ2n) is 4.24. The molecular weight excluding hydrogens is 182 g/mol. The first-order valence-corrected chi connectivity index (χ1v) is 5.62. The van der Waals surface area contributed by atoms with Gasteiger partial charge >= 0.3 is 0 Å². The van der Waals surface area contributed by atoms with E-state index in [1.54, 1.807) is 0 Å². The summed E-state index contributed by atoms with van der Waals surface area (Å²) in [6.45, 7) is 7.29. The van der Waals surface area contributed by atoms with Gasteiger partial charge in [0, 0.05) is 0 Å². The van der Waals surface area contributed by atoms with Crippen molar-refractivity contribution in [1.82, 2.24) is 0 Å². The van der Waals surface area contributed by atoms with E-state index in [1.165, 1.54) is 16.7 Å². The van der Waals surface area contributed by atoms with Gasteiger partial charge in [0.05, 0.1) is 0 Å². The summed E-state index contributed by atoms with van der Waals surface area (Å²) in [5.74, 6) is 0.604. The van der Waals surface area contributed by atoms with Gasteiger partial charge < -0.3 is 5.73 Å². The van der Waals surface area contributed by atoms with Crippen LogP contribution in [0.3, 0.4) is 0 Å². The van der Waals surface area contributed by atoms with Crippen molar-refractivity contribution in [3.05, 3.63) is 41.5 Å². The molecule has 0 aliphatic rings. The smallest absolute Gasteiger partial charge is 0.00424 e. The highest BCUT2D eigenvalue weighted by Crippen LogP contribution is 2.19. The van der Waals surface area contributed by atoms with Gasteiger partial charge in [0.15, 0.2) is 0 Å². The van der Waals surface area contributed by atoms with Crippen LogP contribution in [-0.2, 0) is 0 Å². The van der Waals surface area contributed by atoms with Crippen molar-refractivity contribution >= 4 is 5.57 Å². The molecule has 1 heteroatoms. The zero-order chi connectivity index (χ0) is 11.3. The van der Waals surface area contributed by atoms with Gasteiger partial charge in [-0.1, -0.05) is 44.2 Å². The molecule has 2 N–H and O–H groups in total. The van der Waals surface area contributed by atoms with Crippen LogP contribution in [0.2, 0.25) is 0 Å². The van der Waals surface area contributed by atoms with Crippen LogP contribution in [0.25, 0.3) is 5.57 Å². The predicted molar refractivity (Wildman–Crippen MR) is 67.9 cm³/mol. The first kappa shape index (κ1) is 12.0. The van der Waals surface area contributed by atoms with Gasteiger partial charge in [-0.25, -0.2) is 0 Å². The van der Waals surface area contributed by atoms with Crippen LogP contribution in [0.4, 0.5) is 0 Å². The number of nitrogens with two attached hydrogens (primary N) is 1. The summed E-state index contributed by atoms with van der Waals surface area (Å²) < 4.78 is 0. The quantitative estimate of drug-likeness (QED) is 0.795. The number of benzene rings is 1. The average molecular weight is 203 g/mol. The summed E-state index contributed by atoms with van der Waals surface area (Å²) >= 11 is 0. The number of hydrogen-bond acceptors (Lipinski definition) is 1. The van der Waals surface area contributed by atoms with E-state index in [0.29, 0.717) is 5.92 Å². The van der Waals surface area contributed by atoms with Gasteiger partial charge in [0.1, 0.15) is 0 Å². The van der Waals surface area contributed by atoms with Crippen molar-refractivity contribution < 1.29 is 0 Å². The van der Waals surface area contributed by atoms with Crippen LogP contribution in [0.15, 0.2) is 30.3 Å². The van der Waals surface area contributed by atoms with Gasteiger partial charge in [-0.3, -0.25) is 0 Å². The molecule has 0 fully saturated rings. The van der Waals surface area contributed by atoms with E-state index in [0.717, 1.165) is 13.0 Å². The van der Waals surface area contributed by atoms with E-state index < -0.39 is 0 Å². The first-order valence-electron chi connectivity index (χ1n) is 5.62. The number of hydrogen-bond donors (Lipinski definition) is 1. The Morgan fingerprint density at radius 1 is 1.27 bits per heavy atom. The summed E-state index contributed by atoms with van der Waals surface area (Å²) in [7, 11) is 0. The van der Waals surface area contributed by atoms with Crippen LogP contribution in [0, 0.1) is 0 Å². The molecule has 1 aromatic carbocycles. The van der Waals surface area contributed by atoms with Gasteiger partial charge in [0.2, 0.25) is 0 Å². The van der Waals surface area contributed by atoms with Crippen LogP contribution < -0.4 is 5.73 Å². The molecule has 15 heavy (non-hydrogen) atoms. The fourth-order valence-corrected chi connectivity index (χ4v) is 1.55. The molecule has 0 spiro atoms. The van der Waals surface area contributed by atoms with Gasteiger partial charge in [-0.15, -0.1) is 0 Å². The molecule has 1 nitrogen and oxygen atoms in total. The van der Waals surface area contributed by atoms with Gasteiger partial charge in [0.25, 0.3) is 0 Å². The summed E-state index contributed by atoms with van der Waals surface area (Å²) in [6, 6.07) is 8.80. The number of rotatable bonds is 4. The van der Waals surface area contributed by atoms with Crippen LogP contribution in [-0.4, -0.2) is 6.54 Å². The largest absolute Gasteiger partial charge is 0.330 e. The van der Waals surface area contributed by atoms with E-state index >= 15 is 0 Å². The van der Waals surface area contributed by atoms with E-state index in [2.05, 4.69) is 51.1 Å². The van der Waals surface area contributed by atoms with Crippen LogP contribution >= 0.6 is 0 Å². The van der Waals surface area contributed by atoms with E-state index in [1.807, 2.05) is 0 Å². The second kappa shape index (κ2) is 5.72. The van der Waals surface area contributed by atoms with Crippen molar-refractivity contribution in [3.63, 3.8) is 0 Å². The zero-order valence-electron chi connectivity index (χ0n) is 9.96. The molecule has 0 atom stereocenters. The minimum Gasteiger partial charge on any atom is -0.330 e. The minimum absolute atomic E-state index is 0.604. The van der Waals surface area contributed by atoms with E-state index in [9.17, 15) is 0 Å². The van der Waals surface area contributed by atoms with Crippen molar-refractivity contribution in [2.24, 2.45) is 5.73 Å². The molecule has 0 bridgehead atoms. The van der Waals surface area contributed by atoms with Crippen LogP contribution in [0.1, 0.15) is 44.2 Å². The zero-order valence-corrected chi connectivity index (χ0v) is 9.96. The topological polar surface area (TPSA) is 26.0 Å². The molecule has 82 valence electrons. The maximum absolute atomic E-state index is 5.47. The Bertz CT molecular complexity index is 320. The average Bonchev–Trinajstić information content (AvgIpc) is 2.26. The molecule has 0 unspecified atom stereocenters. The highest BCUT2D eigenvalue weighted by molar-refractivity contribution is 5.63. The first-order chi connectivity index (χ1) is 7.15. The molecule has 0 heterocycles. The lowest BCUT2D eigenvalue weighted by molar-refractivity contribution is 0.866. The SMILES string of the molecule is C/C(=C\CCN)c1ccc(C(C)C)cc1. The Labute approximate surface area is 93.0 Å². The Kier molecular flexibility index (Phi) is 4.57. The molecule has 1 rings (SSSR count). The fourth-order valence-electron chi connectivity index (χ4n) is 1.55. The van der Waals surface area contributed by atoms with E-state index in [4.69, 9.17) is 5.73 Å². The Morgan fingerprint density at radius 3 is 2.33 bits per heavy atom. The molecular formula is C14H21N. The fraction of sp³-hybridized carbons (Fsp3) is 0.429. The Morgan fingerprint density at radius 2 is 1.87 bits per heavy atom. The summed E-state index contributed by atoms with van der Waals surface area (Å²) in [6.07, 6.45) is 3.15. The molecule has 1 aromatic rings. The predicted octanol–water partition coefficient (Wildman–Crippen LogP) is 3.56. The third-order valence-electron chi connectivity index (χ3n) is 2.65. The van der Waals surface area contributed by atoms with Crippen molar-refractivity contribution in [2.45, 2.75) is 33.1 Å². The third kappa shape index (κ3) is 3.52. The molecule has 0 aliphatic heterocycles. The molecule has 0 aromatic heterocycles. The summed E-state index contributed by atoms with van der Waals surface area (Å²) in [5.41, 5.74) is 9.48. The standard InChI is InChI=1S/C14H21N/c1-11(2)13-6-8-14(9-7-13)12(3)5-4-10-15/h5-9,11H,4,10,15H2,1-3H3/b12-5+. The lowest BCUT2D eigenvalue weighted by atomic mass is 9.99. The molecule has 0 radical (unpaired) electrons. The molecule has 0 saturated heterocycles. The second-order valence-corrected chi connectivity index (χ2v) is 4.24. The molecule has 0 amide bonds. The van der Waals surface area contributed by atoms with Crippen molar-refractivity contribution in [1.29, 1.82) is 0 Å². The van der Waals surface area contributed by atoms with E-state index in [-0.39, 0.29) is 0 Å². The minimum atomic E-state index is 0.604. The van der Waals surface area contributed by atoms with Gasteiger partial charge in [-0.2, -0.15) is 0 Å². The summed E-state index contributed by atoms with van der Waals surface area (Å²) in [4.78, 5) is 0. The Hall–Kier alpha value is -1.08. The third-order valence-corrected chi connectivity index (χ3v) is 2.65. The normalized spacial score (nSPS) is 12.2. The summed E-state index contributed by atoms with van der Waals surface area (Å²) in [5, 5.41) is 0. The molecule has 0 saturated carbocycles. The maximum atomic E-state index is 5.47. The number of allylic oxidation sites excluding steroid dienone is 1. The molecule has 0 aliphatic carbocycles. The Balaban J connectivity index is 2.79. The lowest BCUT2D eigenvalue weighted by Crippen LogP contribution is -1.96. The highest BCUT2D eigenvalue weighted by Gasteiger charge is 1.99. The van der Waals surface area contributed by atoms with Crippen molar-refractivity contribution in [2.75, 3.05) is 6.54 Å². The van der Waals surface area contributed by atoms with Crippen LogP contribution in [0.5, 0.6) is 0 Å². The lowest BCUT2D eigenvalue weighted by Gasteiger charge is -2.07. The monoisotopic (exact) mass is 203 g/mol. The maximum Gasteiger partial charge on any atom is -0.00424 e. The highest BCUT2D eigenvalue weighted by atomic mass is 14.5.